The Morgan fingerprint density at radius 1 is 1.43 bits per heavy atom. The van der Waals surface area contributed by atoms with Gasteiger partial charge in [-0.15, -0.1) is 0 Å². The van der Waals surface area contributed by atoms with E-state index in [9.17, 15) is 4.39 Å². The maximum absolute atomic E-state index is 13.4. The number of nitrogens with zero attached hydrogens (tertiary/aromatic N) is 1. The predicted molar refractivity (Wildman–Crippen MR) is 56.5 cm³/mol. The van der Waals surface area contributed by atoms with E-state index in [2.05, 4.69) is 0 Å². The molecule has 0 saturated heterocycles. The van der Waals surface area contributed by atoms with Crippen LogP contribution in [0.25, 0.3) is 0 Å². The highest BCUT2D eigenvalue weighted by atomic mass is 19.1. The second kappa shape index (κ2) is 5.08. The van der Waals surface area contributed by atoms with E-state index >= 15 is 0 Å². The molecule has 0 radical (unpaired) electrons. The van der Waals surface area contributed by atoms with Crippen LogP contribution in [-0.2, 0) is 6.54 Å². The van der Waals surface area contributed by atoms with Crippen LogP contribution in [0.2, 0.25) is 0 Å². The Bertz CT molecular complexity index is 299. The molecule has 1 aromatic carbocycles. The van der Waals surface area contributed by atoms with E-state index in [-0.39, 0.29) is 5.82 Å². The maximum Gasteiger partial charge on any atom is 0.127 e. The van der Waals surface area contributed by atoms with Crippen molar-refractivity contribution in [1.82, 2.24) is 4.90 Å². The fourth-order valence-electron chi connectivity index (χ4n) is 1.37. The van der Waals surface area contributed by atoms with Crippen molar-refractivity contribution in [2.75, 3.05) is 20.1 Å². The molecule has 78 valence electrons. The summed E-state index contributed by atoms with van der Waals surface area (Å²) in [5.74, 6) is -0.131. The molecule has 3 heteroatoms. The fourth-order valence-corrected chi connectivity index (χ4v) is 1.37. The first-order valence-corrected chi connectivity index (χ1v) is 4.77. The number of likely N-dealkylation sites (N-methyl/N-ethyl adjacent to an activating group) is 1. The number of benzene rings is 1. The second-order valence-corrected chi connectivity index (χ2v) is 3.62. The van der Waals surface area contributed by atoms with Gasteiger partial charge in [-0.2, -0.15) is 0 Å². The van der Waals surface area contributed by atoms with Gasteiger partial charge in [-0.25, -0.2) is 4.39 Å². The van der Waals surface area contributed by atoms with Gasteiger partial charge in [0.15, 0.2) is 0 Å². The molecule has 0 unspecified atom stereocenters. The molecule has 0 aliphatic heterocycles. The molecule has 0 saturated carbocycles. The Hall–Kier alpha value is -0.930. The third-order valence-electron chi connectivity index (χ3n) is 2.16. The predicted octanol–water partition coefficient (Wildman–Crippen LogP) is 1.52. The minimum Gasteiger partial charge on any atom is -0.329 e. The molecule has 2 nitrogen and oxygen atoms in total. The summed E-state index contributed by atoms with van der Waals surface area (Å²) in [6, 6.07) is 5.32. The molecular formula is C11H17FN2. The molecule has 0 heterocycles. The van der Waals surface area contributed by atoms with Crippen molar-refractivity contribution < 1.29 is 4.39 Å². The first kappa shape index (κ1) is 11.1. The average Bonchev–Trinajstić information content (AvgIpc) is 2.10. The first-order chi connectivity index (χ1) is 6.63. The van der Waals surface area contributed by atoms with E-state index in [0.717, 1.165) is 17.7 Å². The number of nitrogens with two attached hydrogens (primary N) is 1. The summed E-state index contributed by atoms with van der Waals surface area (Å²) in [5, 5.41) is 0. The van der Waals surface area contributed by atoms with E-state index in [0.29, 0.717) is 13.1 Å². The van der Waals surface area contributed by atoms with Crippen molar-refractivity contribution in [2.24, 2.45) is 5.73 Å². The fraction of sp³-hybridized carbons (Fsp3) is 0.455. The Labute approximate surface area is 84.5 Å². The number of hydrogen-bond acceptors (Lipinski definition) is 2. The third kappa shape index (κ3) is 3.09. The largest absolute Gasteiger partial charge is 0.329 e. The molecule has 1 aromatic rings. The zero-order chi connectivity index (χ0) is 10.6. The molecule has 0 aliphatic rings. The lowest BCUT2D eigenvalue weighted by atomic mass is 10.1. The topological polar surface area (TPSA) is 29.3 Å². The lowest BCUT2D eigenvalue weighted by Gasteiger charge is -2.15. The smallest absolute Gasteiger partial charge is 0.127 e. The van der Waals surface area contributed by atoms with Gasteiger partial charge >= 0.3 is 0 Å². The van der Waals surface area contributed by atoms with E-state index in [1.807, 2.05) is 31.0 Å². The molecular weight excluding hydrogens is 179 g/mol. The lowest BCUT2D eigenvalue weighted by molar-refractivity contribution is 0.330. The minimum absolute atomic E-state index is 0.131. The molecule has 0 spiro atoms. The highest BCUT2D eigenvalue weighted by molar-refractivity contribution is 5.23. The molecule has 0 aliphatic carbocycles. The molecule has 0 aromatic heterocycles. The van der Waals surface area contributed by atoms with Gasteiger partial charge < -0.3 is 10.6 Å². The summed E-state index contributed by atoms with van der Waals surface area (Å²) in [6.07, 6.45) is 0. The highest BCUT2D eigenvalue weighted by Gasteiger charge is 2.04. The van der Waals surface area contributed by atoms with Crippen LogP contribution >= 0.6 is 0 Å². The molecule has 0 fully saturated rings. The maximum atomic E-state index is 13.4. The van der Waals surface area contributed by atoms with Crippen molar-refractivity contribution in [3.63, 3.8) is 0 Å². The number of rotatable bonds is 4. The van der Waals surface area contributed by atoms with E-state index in [1.165, 1.54) is 0 Å². The van der Waals surface area contributed by atoms with Gasteiger partial charge in [0.1, 0.15) is 5.82 Å². The number of aryl methyl sites for hydroxylation is 1. The van der Waals surface area contributed by atoms with Gasteiger partial charge in [-0.05, 0) is 25.6 Å². The van der Waals surface area contributed by atoms with Crippen LogP contribution in [0.1, 0.15) is 11.1 Å². The third-order valence-corrected chi connectivity index (χ3v) is 2.16. The molecule has 14 heavy (non-hydrogen) atoms. The van der Waals surface area contributed by atoms with Gasteiger partial charge in [0, 0.05) is 25.2 Å². The van der Waals surface area contributed by atoms with Crippen LogP contribution in [0.3, 0.4) is 0 Å². The van der Waals surface area contributed by atoms with Crippen LogP contribution < -0.4 is 5.73 Å². The molecule has 1 rings (SSSR count). The Kier molecular flexibility index (Phi) is 4.04. The molecule has 0 atom stereocenters. The average molecular weight is 196 g/mol. The van der Waals surface area contributed by atoms with Gasteiger partial charge in [0.05, 0.1) is 0 Å². The summed E-state index contributed by atoms with van der Waals surface area (Å²) >= 11 is 0. The van der Waals surface area contributed by atoms with Crippen LogP contribution in [0.15, 0.2) is 18.2 Å². The van der Waals surface area contributed by atoms with Crippen molar-refractivity contribution in [3.8, 4) is 0 Å². The lowest BCUT2D eigenvalue weighted by Crippen LogP contribution is -2.25. The molecule has 2 N–H and O–H groups in total. The van der Waals surface area contributed by atoms with Crippen molar-refractivity contribution in [1.29, 1.82) is 0 Å². The van der Waals surface area contributed by atoms with Crippen molar-refractivity contribution in [3.05, 3.63) is 35.1 Å². The van der Waals surface area contributed by atoms with Gasteiger partial charge in [-0.1, -0.05) is 12.1 Å². The molecule has 0 bridgehead atoms. The number of halogens is 1. The first-order valence-electron chi connectivity index (χ1n) is 4.77. The number of hydrogen-bond donors (Lipinski definition) is 1. The van der Waals surface area contributed by atoms with Gasteiger partial charge in [0.25, 0.3) is 0 Å². The monoisotopic (exact) mass is 196 g/mol. The van der Waals surface area contributed by atoms with Crippen LogP contribution in [0, 0.1) is 12.7 Å². The quantitative estimate of drug-likeness (QED) is 0.791. The van der Waals surface area contributed by atoms with Gasteiger partial charge in [-0.3, -0.25) is 0 Å². The Morgan fingerprint density at radius 3 is 2.71 bits per heavy atom. The van der Waals surface area contributed by atoms with Gasteiger partial charge in [0.2, 0.25) is 0 Å². The summed E-state index contributed by atoms with van der Waals surface area (Å²) in [6.45, 7) is 3.89. The van der Waals surface area contributed by atoms with Crippen molar-refractivity contribution in [2.45, 2.75) is 13.5 Å². The minimum atomic E-state index is -0.131. The summed E-state index contributed by atoms with van der Waals surface area (Å²) in [7, 11) is 1.94. The standard InChI is InChI=1S/C11H17FN2/c1-9-3-4-10(11(12)7-9)8-14(2)6-5-13/h3-4,7H,5-6,8,13H2,1-2H3. The zero-order valence-electron chi connectivity index (χ0n) is 8.76. The SMILES string of the molecule is Cc1ccc(CN(C)CCN)c(F)c1. The molecule has 0 amide bonds. The van der Waals surface area contributed by atoms with E-state index in [4.69, 9.17) is 5.73 Å². The zero-order valence-corrected chi connectivity index (χ0v) is 8.76. The summed E-state index contributed by atoms with van der Waals surface area (Å²) in [4.78, 5) is 2.01. The highest BCUT2D eigenvalue weighted by Crippen LogP contribution is 2.11. The summed E-state index contributed by atoms with van der Waals surface area (Å²) < 4.78 is 13.4. The Balaban J connectivity index is 2.67. The van der Waals surface area contributed by atoms with Crippen molar-refractivity contribution >= 4 is 0 Å². The Morgan fingerprint density at radius 2 is 2.14 bits per heavy atom. The normalized spacial score (nSPS) is 10.9. The second-order valence-electron chi connectivity index (χ2n) is 3.62. The van der Waals surface area contributed by atoms with E-state index < -0.39 is 0 Å². The van der Waals surface area contributed by atoms with Crippen LogP contribution in [0.5, 0.6) is 0 Å². The van der Waals surface area contributed by atoms with E-state index in [1.54, 1.807) is 6.07 Å². The van der Waals surface area contributed by atoms with Crippen LogP contribution in [0.4, 0.5) is 4.39 Å². The van der Waals surface area contributed by atoms with Crippen LogP contribution in [-0.4, -0.2) is 25.0 Å². The summed E-state index contributed by atoms with van der Waals surface area (Å²) in [5.41, 5.74) is 7.09.